The van der Waals surface area contributed by atoms with E-state index in [2.05, 4.69) is 27.9 Å². The van der Waals surface area contributed by atoms with Gasteiger partial charge >= 0.3 is 0 Å². The summed E-state index contributed by atoms with van der Waals surface area (Å²) < 4.78 is 25.2. The van der Waals surface area contributed by atoms with Crippen LogP contribution in [0.25, 0.3) is 11.6 Å². The van der Waals surface area contributed by atoms with Gasteiger partial charge in [-0.1, -0.05) is 18.1 Å². The Morgan fingerprint density at radius 2 is 2.12 bits per heavy atom. The molecule has 0 radical (unpaired) electrons. The molecule has 2 aromatic rings. The van der Waals surface area contributed by atoms with Crippen LogP contribution in [-0.4, -0.2) is 13.2 Å². The minimum atomic E-state index is -0.395. The number of ether oxygens (including phenoxy) is 2. The zero-order valence-corrected chi connectivity index (χ0v) is 15.1. The summed E-state index contributed by atoms with van der Waals surface area (Å²) in [6.07, 6.45) is 6.89. The summed E-state index contributed by atoms with van der Waals surface area (Å²) >= 11 is 3.43. The van der Waals surface area contributed by atoms with Gasteiger partial charge in [0.2, 0.25) is 0 Å². The zero-order valence-electron chi connectivity index (χ0n) is 13.6. The first kappa shape index (κ1) is 18.6. The maximum absolute atomic E-state index is 13.4. The molecule has 0 aromatic heterocycles. The molecule has 3 nitrogen and oxygen atoms in total. The molecule has 0 spiro atoms. The average Bonchev–Trinajstić information content (AvgIpc) is 2.59. The lowest BCUT2D eigenvalue weighted by Crippen LogP contribution is -2.00. The summed E-state index contributed by atoms with van der Waals surface area (Å²) in [5.74, 6) is 3.02. The van der Waals surface area contributed by atoms with Crippen molar-refractivity contribution in [3.8, 4) is 29.9 Å². The number of halogens is 2. The highest BCUT2D eigenvalue weighted by Crippen LogP contribution is 2.38. The molecule has 25 heavy (non-hydrogen) atoms. The molecule has 0 saturated heterocycles. The molecule has 0 amide bonds. The van der Waals surface area contributed by atoms with Gasteiger partial charge in [-0.3, -0.25) is 0 Å². The third kappa shape index (κ3) is 4.86. The van der Waals surface area contributed by atoms with E-state index in [4.69, 9.17) is 15.9 Å². The fraction of sp³-hybridized carbons (Fsp3) is 0.150. The predicted molar refractivity (Wildman–Crippen MR) is 99.5 cm³/mol. The second kappa shape index (κ2) is 8.92. The van der Waals surface area contributed by atoms with Crippen molar-refractivity contribution < 1.29 is 13.9 Å². The third-order valence-corrected chi connectivity index (χ3v) is 3.79. The third-order valence-electron chi connectivity index (χ3n) is 3.20. The maximum atomic E-state index is 13.4. The zero-order chi connectivity index (χ0) is 18.2. The van der Waals surface area contributed by atoms with Crippen LogP contribution >= 0.6 is 15.9 Å². The standard InChI is InChI=1S/C20H15BrFNO2/c1-3-8-25-20-18(21)10-14(11-19(20)24-4-2)9-16(13-23)15-6-5-7-17(22)12-15/h1,5-7,9-12H,4,8H2,2H3/b16-9-. The quantitative estimate of drug-likeness (QED) is 0.387. The van der Waals surface area contributed by atoms with Crippen molar-refractivity contribution in [3.05, 3.63) is 57.8 Å². The van der Waals surface area contributed by atoms with Gasteiger partial charge in [-0.25, -0.2) is 4.39 Å². The van der Waals surface area contributed by atoms with Crippen LogP contribution < -0.4 is 9.47 Å². The van der Waals surface area contributed by atoms with Crippen molar-refractivity contribution >= 4 is 27.6 Å². The molecule has 0 aliphatic carbocycles. The molecule has 126 valence electrons. The minimum Gasteiger partial charge on any atom is -0.490 e. The van der Waals surface area contributed by atoms with Gasteiger partial charge in [-0.05, 0) is 64.3 Å². The van der Waals surface area contributed by atoms with Crippen molar-refractivity contribution in [1.82, 2.24) is 0 Å². The van der Waals surface area contributed by atoms with E-state index in [0.29, 0.717) is 39.3 Å². The number of benzene rings is 2. The number of hydrogen-bond acceptors (Lipinski definition) is 3. The van der Waals surface area contributed by atoms with Gasteiger partial charge in [0.1, 0.15) is 12.4 Å². The second-order valence-electron chi connectivity index (χ2n) is 4.94. The van der Waals surface area contributed by atoms with Crippen molar-refractivity contribution in [2.75, 3.05) is 13.2 Å². The largest absolute Gasteiger partial charge is 0.490 e. The highest BCUT2D eigenvalue weighted by molar-refractivity contribution is 9.10. The molecule has 0 atom stereocenters. The fourth-order valence-corrected chi connectivity index (χ4v) is 2.77. The van der Waals surface area contributed by atoms with Crippen LogP contribution in [0.1, 0.15) is 18.1 Å². The molecular weight excluding hydrogens is 385 g/mol. The molecule has 0 unspecified atom stereocenters. The molecule has 0 heterocycles. The summed E-state index contributed by atoms with van der Waals surface area (Å²) in [6, 6.07) is 11.5. The molecule has 0 saturated carbocycles. The Hall–Kier alpha value is -2.76. The van der Waals surface area contributed by atoms with Crippen LogP contribution in [0.15, 0.2) is 40.9 Å². The van der Waals surface area contributed by atoms with Gasteiger partial charge in [0.15, 0.2) is 11.5 Å². The SMILES string of the molecule is C#CCOc1c(Br)cc(/C=C(/C#N)c2cccc(F)c2)cc1OCC. The van der Waals surface area contributed by atoms with Crippen LogP contribution in [0, 0.1) is 29.5 Å². The number of nitriles is 1. The lowest BCUT2D eigenvalue weighted by Gasteiger charge is -2.13. The average molecular weight is 400 g/mol. The lowest BCUT2D eigenvalue weighted by atomic mass is 10.0. The van der Waals surface area contributed by atoms with E-state index < -0.39 is 5.82 Å². The van der Waals surface area contributed by atoms with Gasteiger partial charge in [-0.15, -0.1) is 6.42 Å². The molecule has 2 aromatic carbocycles. The first-order chi connectivity index (χ1) is 12.1. The molecule has 5 heteroatoms. The topological polar surface area (TPSA) is 42.2 Å². The molecule has 0 N–H and O–H groups in total. The summed E-state index contributed by atoms with van der Waals surface area (Å²) in [5, 5.41) is 9.41. The van der Waals surface area contributed by atoms with Crippen molar-refractivity contribution in [2.45, 2.75) is 6.92 Å². The number of nitrogens with zero attached hydrogens (tertiary/aromatic N) is 1. The number of allylic oxidation sites excluding steroid dienone is 1. The molecule has 0 bridgehead atoms. The van der Waals surface area contributed by atoms with Gasteiger partial charge in [0.05, 0.1) is 22.7 Å². The summed E-state index contributed by atoms with van der Waals surface area (Å²) in [5.41, 5.74) is 1.56. The van der Waals surface area contributed by atoms with Gasteiger partial charge in [0, 0.05) is 0 Å². The van der Waals surface area contributed by atoms with E-state index in [-0.39, 0.29) is 6.61 Å². The van der Waals surface area contributed by atoms with Crippen LogP contribution in [0.3, 0.4) is 0 Å². The van der Waals surface area contributed by atoms with Crippen LogP contribution in [0.2, 0.25) is 0 Å². The fourth-order valence-electron chi connectivity index (χ4n) is 2.19. The number of hydrogen-bond donors (Lipinski definition) is 0. The van der Waals surface area contributed by atoms with Gasteiger partial charge in [0.25, 0.3) is 0 Å². The normalized spacial score (nSPS) is 10.7. The molecule has 0 aliphatic heterocycles. The Kier molecular flexibility index (Phi) is 6.62. The van der Waals surface area contributed by atoms with E-state index in [9.17, 15) is 9.65 Å². The van der Waals surface area contributed by atoms with E-state index in [1.54, 1.807) is 30.3 Å². The lowest BCUT2D eigenvalue weighted by molar-refractivity contribution is 0.298. The smallest absolute Gasteiger partial charge is 0.176 e. The summed E-state index contributed by atoms with van der Waals surface area (Å²) in [6.45, 7) is 2.41. The highest BCUT2D eigenvalue weighted by Gasteiger charge is 2.12. The summed E-state index contributed by atoms with van der Waals surface area (Å²) in [7, 11) is 0. The Morgan fingerprint density at radius 1 is 1.32 bits per heavy atom. The van der Waals surface area contributed by atoms with E-state index in [0.717, 1.165) is 0 Å². The summed E-state index contributed by atoms with van der Waals surface area (Å²) in [4.78, 5) is 0. The Morgan fingerprint density at radius 3 is 2.76 bits per heavy atom. The Bertz CT molecular complexity index is 878. The monoisotopic (exact) mass is 399 g/mol. The number of rotatable bonds is 6. The first-order valence-electron chi connectivity index (χ1n) is 7.49. The van der Waals surface area contributed by atoms with Crippen LogP contribution in [0.5, 0.6) is 11.5 Å². The number of terminal acetylenes is 1. The van der Waals surface area contributed by atoms with E-state index >= 15 is 0 Å². The minimum absolute atomic E-state index is 0.112. The van der Waals surface area contributed by atoms with E-state index in [1.165, 1.54) is 12.1 Å². The van der Waals surface area contributed by atoms with Crippen molar-refractivity contribution in [2.24, 2.45) is 0 Å². The van der Waals surface area contributed by atoms with Gasteiger partial charge < -0.3 is 9.47 Å². The molecular formula is C20H15BrFNO2. The predicted octanol–water partition coefficient (Wildman–Crippen LogP) is 5.06. The second-order valence-corrected chi connectivity index (χ2v) is 5.79. The maximum Gasteiger partial charge on any atom is 0.176 e. The van der Waals surface area contributed by atoms with Crippen LogP contribution in [-0.2, 0) is 0 Å². The highest BCUT2D eigenvalue weighted by atomic mass is 79.9. The molecule has 0 fully saturated rings. The Balaban J connectivity index is 2.48. The van der Waals surface area contributed by atoms with Gasteiger partial charge in [-0.2, -0.15) is 5.26 Å². The molecule has 0 aliphatic rings. The Labute approximate surface area is 154 Å². The first-order valence-corrected chi connectivity index (χ1v) is 8.28. The molecule has 2 rings (SSSR count). The van der Waals surface area contributed by atoms with Crippen molar-refractivity contribution in [3.63, 3.8) is 0 Å². The van der Waals surface area contributed by atoms with Crippen molar-refractivity contribution in [1.29, 1.82) is 5.26 Å². The van der Waals surface area contributed by atoms with E-state index in [1.807, 2.05) is 6.92 Å². The van der Waals surface area contributed by atoms with Crippen LogP contribution in [0.4, 0.5) is 4.39 Å².